The molecule has 3 rings (SSSR count). The third kappa shape index (κ3) is 6.90. The number of carbonyl (C=O) groups excluding carboxylic acids is 2. The molecule has 0 unspecified atom stereocenters. The molecule has 0 bridgehead atoms. The largest absolute Gasteiger partial charge is 0.368 e. The maximum absolute atomic E-state index is 12.9. The van der Waals surface area contributed by atoms with Crippen LogP contribution < -0.4 is 11.1 Å². The van der Waals surface area contributed by atoms with Crippen LogP contribution in [-0.4, -0.2) is 64.3 Å². The number of rotatable bonds is 11. The molecule has 0 aliphatic rings. The van der Waals surface area contributed by atoms with Gasteiger partial charge in [0.1, 0.15) is 17.7 Å². The number of nitrogens with two attached hydrogens (primary N) is 1. The van der Waals surface area contributed by atoms with Crippen LogP contribution in [0.5, 0.6) is 0 Å². The number of hydrogen-bond donors (Lipinski definition) is 2. The van der Waals surface area contributed by atoms with Crippen molar-refractivity contribution in [3.8, 4) is 0 Å². The summed E-state index contributed by atoms with van der Waals surface area (Å²) in [6.07, 6.45) is 0. The monoisotopic (exact) mass is 496 g/mol. The van der Waals surface area contributed by atoms with E-state index in [1.807, 2.05) is 52.1 Å². The van der Waals surface area contributed by atoms with Crippen LogP contribution in [0.1, 0.15) is 37.0 Å². The van der Waals surface area contributed by atoms with Crippen molar-refractivity contribution in [2.75, 3.05) is 32.0 Å². The van der Waals surface area contributed by atoms with E-state index in [0.717, 1.165) is 10.9 Å². The Bertz CT molecular complexity index is 1170. The van der Waals surface area contributed by atoms with Crippen molar-refractivity contribution in [1.29, 1.82) is 0 Å². The first-order chi connectivity index (χ1) is 16.7. The van der Waals surface area contributed by atoms with Gasteiger partial charge in [-0.05, 0) is 56.3 Å². The van der Waals surface area contributed by atoms with Crippen molar-refractivity contribution in [3.63, 3.8) is 0 Å². The molecule has 0 saturated heterocycles. The zero-order valence-electron chi connectivity index (χ0n) is 20.7. The van der Waals surface area contributed by atoms with Crippen molar-refractivity contribution in [2.45, 2.75) is 33.4 Å². The van der Waals surface area contributed by atoms with Gasteiger partial charge < -0.3 is 16.0 Å². The molecule has 9 heteroatoms. The molecular weight excluding hydrogens is 464 g/mol. The molecule has 2 amide bonds. The summed E-state index contributed by atoms with van der Waals surface area (Å²) in [5.41, 5.74) is 7.01. The van der Waals surface area contributed by atoms with E-state index in [0.29, 0.717) is 48.4 Å². The normalized spacial score (nSPS) is 12.2. The first kappa shape index (κ1) is 26.4. The second-order valence-electron chi connectivity index (χ2n) is 8.90. The van der Waals surface area contributed by atoms with E-state index in [2.05, 4.69) is 10.2 Å². The molecule has 0 aliphatic heterocycles. The Morgan fingerprint density at radius 1 is 1.06 bits per heavy atom. The van der Waals surface area contributed by atoms with Gasteiger partial charge >= 0.3 is 0 Å². The van der Waals surface area contributed by atoms with Crippen molar-refractivity contribution in [1.82, 2.24) is 19.8 Å². The Hall–Kier alpha value is -3.23. The van der Waals surface area contributed by atoms with Crippen LogP contribution in [0.2, 0.25) is 5.02 Å². The molecule has 186 valence electrons. The molecule has 2 aromatic carbocycles. The molecule has 8 nitrogen and oxygen atoms in total. The van der Waals surface area contributed by atoms with Crippen molar-refractivity contribution >= 4 is 40.1 Å². The number of hydrogen-bond acceptors (Lipinski definition) is 6. The van der Waals surface area contributed by atoms with E-state index in [-0.39, 0.29) is 11.8 Å². The van der Waals surface area contributed by atoms with Gasteiger partial charge in [0.2, 0.25) is 5.91 Å². The van der Waals surface area contributed by atoms with Gasteiger partial charge in [0.25, 0.3) is 5.91 Å². The fraction of sp³-hybridized carbons (Fsp3) is 0.385. The zero-order valence-corrected chi connectivity index (χ0v) is 21.4. The minimum absolute atomic E-state index is 0.00514. The number of para-hydroxylation sites is 1. The summed E-state index contributed by atoms with van der Waals surface area (Å²) in [4.78, 5) is 38.1. The lowest BCUT2D eigenvalue weighted by Gasteiger charge is -2.25. The number of nitrogens with zero attached hydrogens (tertiary/aromatic N) is 4. The molecule has 1 atom stereocenters. The topological polar surface area (TPSA) is 104 Å². The van der Waals surface area contributed by atoms with Crippen LogP contribution in [0.3, 0.4) is 0 Å². The van der Waals surface area contributed by atoms with Gasteiger partial charge in [-0.3, -0.25) is 14.5 Å². The molecule has 0 saturated carbocycles. The molecule has 1 heterocycles. The second-order valence-corrected chi connectivity index (χ2v) is 9.34. The lowest BCUT2D eigenvalue weighted by Crippen LogP contribution is -2.40. The molecule has 0 aliphatic carbocycles. The van der Waals surface area contributed by atoms with E-state index < -0.39 is 11.9 Å². The van der Waals surface area contributed by atoms with E-state index in [4.69, 9.17) is 27.3 Å². The van der Waals surface area contributed by atoms with Crippen molar-refractivity contribution in [3.05, 3.63) is 64.9 Å². The van der Waals surface area contributed by atoms with Gasteiger partial charge in [0.15, 0.2) is 0 Å². The zero-order chi connectivity index (χ0) is 25.5. The molecule has 0 radical (unpaired) electrons. The maximum atomic E-state index is 12.9. The summed E-state index contributed by atoms with van der Waals surface area (Å²) >= 11 is 5.94. The fourth-order valence-electron chi connectivity index (χ4n) is 3.81. The summed E-state index contributed by atoms with van der Waals surface area (Å²) in [5, 5.41) is 4.66. The predicted octanol–water partition coefficient (Wildman–Crippen LogP) is 3.80. The summed E-state index contributed by atoms with van der Waals surface area (Å²) in [7, 11) is 1.96. The second kappa shape index (κ2) is 12.0. The highest BCUT2D eigenvalue weighted by atomic mass is 35.5. The Morgan fingerprint density at radius 2 is 1.74 bits per heavy atom. The Morgan fingerprint density at radius 3 is 2.37 bits per heavy atom. The highest BCUT2D eigenvalue weighted by Crippen LogP contribution is 2.22. The number of primary amides is 1. The quantitative estimate of drug-likeness (QED) is 0.418. The first-order valence-corrected chi connectivity index (χ1v) is 12.1. The number of anilines is 1. The van der Waals surface area contributed by atoms with Crippen LogP contribution in [-0.2, 0) is 11.3 Å². The number of aromatic nitrogens is 2. The van der Waals surface area contributed by atoms with Gasteiger partial charge in [-0.2, -0.15) is 0 Å². The third-order valence-corrected chi connectivity index (χ3v) is 6.09. The summed E-state index contributed by atoms with van der Waals surface area (Å²) in [6, 6.07) is 14.1. The molecule has 0 fully saturated rings. The third-order valence-electron chi connectivity index (χ3n) is 5.84. The van der Waals surface area contributed by atoms with Crippen molar-refractivity contribution in [2.24, 2.45) is 11.7 Å². The number of nitrogens with one attached hydrogen (secondary N) is 1. The van der Waals surface area contributed by atoms with Crippen LogP contribution in [0, 0.1) is 5.92 Å². The summed E-state index contributed by atoms with van der Waals surface area (Å²) < 4.78 is 0. The van der Waals surface area contributed by atoms with Crippen LogP contribution in [0.15, 0.2) is 48.5 Å². The highest BCUT2D eigenvalue weighted by molar-refractivity contribution is 6.30. The predicted molar refractivity (Wildman–Crippen MR) is 140 cm³/mol. The Balaban J connectivity index is 1.73. The number of benzene rings is 2. The van der Waals surface area contributed by atoms with Gasteiger partial charge in [-0.25, -0.2) is 9.97 Å². The van der Waals surface area contributed by atoms with E-state index >= 15 is 0 Å². The van der Waals surface area contributed by atoms with Crippen LogP contribution in [0.4, 0.5) is 5.82 Å². The average Bonchev–Trinajstić information content (AvgIpc) is 2.82. The highest BCUT2D eigenvalue weighted by Gasteiger charge is 2.22. The van der Waals surface area contributed by atoms with Gasteiger partial charge in [-0.1, -0.05) is 37.6 Å². The van der Waals surface area contributed by atoms with Gasteiger partial charge in [0.05, 0.1) is 12.1 Å². The molecule has 3 N–H and O–H groups in total. The maximum Gasteiger partial charge on any atom is 0.253 e. The van der Waals surface area contributed by atoms with Crippen LogP contribution >= 0.6 is 11.6 Å². The summed E-state index contributed by atoms with van der Waals surface area (Å²) in [6.45, 7) is 8.11. The first-order valence-electron chi connectivity index (χ1n) is 11.7. The van der Waals surface area contributed by atoms with Crippen molar-refractivity contribution < 1.29 is 9.59 Å². The van der Waals surface area contributed by atoms with Gasteiger partial charge in [0, 0.05) is 35.6 Å². The number of halogens is 1. The van der Waals surface area contributed by atoms with E-state index in [1.54, 1.807) is 29.2 Å². The minimum Gasteiger partial charge on any atom is -0.368 e. The number of carbonyl (C=O) groups is 2. The molecule has 1 aromatic heterocycles. The molecule has 3 aromatic rings. The minimum atomic E-state index is -0.545. The molecule has 35 heavy (non-hydrogen) atoms. The fourth-order valence-corrected chi connectivity index (χ4v) is 3.94. The number of amides is 2. The standard InChI is InChI=1S/C26H33ClN6O2/c1-5-33(26(35)18-10-12-19(27)13-11-18)15-14-32(4)16-22-29-21-9-7-6-8-20(21)25(30-22)31-23(17(2)3)24(28)34/h6-13,17,23H,5,14-16H2,1-4H3,(H2,28,34)(H,29,30,31)/t23-/m0/s1. The average molecular weight is 497 g/mol. The van der Waals surface area contributed by atoms with E-state index in [9.17, 15) is 9.59 Å². The lowest BCUT2D eigenvalue weighted by atomic mass is 10.0. The van der Waals surface area contributed by atoms with Gasteiger partial charge in [-0.15, -0.1) is 0 Å². The summed E-state index contributed by atoms with van der Waals surface area (Å²) in [5.74, 6) is 0.756. The Labute approximate surface area is 211 Å². The van der Waals surface area contributed by atoms with Crippen LogP contribution in [0.25, 0.3) is 10.9 Å². The number of fused-ring (bicyclic) bond motifs is 1. The SMILES string of the molecule is CCN(CCN(C)Cc1nc(N[C@H](C(N)=O)C(C)C)c2ccccc2n1)C(=O)c1ccc(Cl)cc1. The number of likely N-dealkylation sites (N-methyl/N-ethyl adjacent to an activating group) is 2. The molecule has 0 spiro atoms. The van der Waals surface area contributed by atoms with E-state index in [1.165, 1.54) is 0 Å². The molecular formula is C26H33ClN6O2. The lowest BCUT2D eigenvalue weighted by molar-refractivity contribution is -0.119. The smallest absolute Gasteiger partial charge is 0.253 e. The Kier molecular flexibility index (Phi) is 9.01.